The summed E-state index contributed by atoms with van der Waals surface area (Å²) in [4.78, 5) is 10.3. The Balaban J connectivity index is 2.34. The molecule has 10 heteroatoms. The topological polar surface area (TPSA) is 119 Å². The van der Waals surface area contributed by atoms with Crippen LogP contribution in [0.5, 0.6) is 0 Å². The van der Waals surface area contributed by atoms with Crippen molar-refractivity contribution in [2.75, 3.05) is 18.5 Å². The monoisotopic (exact) mass is 334 g/mol. The average Bonchev–Trinajstić information content (AvgIpc) is 2.86. The first-order chi connectivity index (χ1) is 9.77. The van der Waals surface area contributed by atoms with Crippen LogP contribution in [0.2, 0.25) is 0 Å². The van der Waals surface area contributed by atoms with Gasteiger partial charge in [0.1, 0.15) is 4.21 Å². The molecule has 118 valence electrons. The number of rotatable bonds is 4. The second-order valence-electron chi connectivity index (χ2n) is 5.29. The molecule has 2 rings (SSSR count). The van der Waals surface area contributed by atoms with Gasteiger partial charge in [-0.15, -0.1) is 0 Å². The molecule has 1 fully saturated rings. The molecule has 1 aliphatic rings. The molecule has 1 saturated heterocycles. The number of nitro groups is 1. The van der Waals surface area contributed by atoms with Crippen LogP contribution in [0.4, 0.5) is 10.7 Å². The number of hydrazine groups is 1. The Hall–Kier alpha value is -1.23. The molecule has 0 saturated carbocycles. The maximum atomic E-state index is 12.6. The van der Waals surface area contributed by atoms with Crippen LogP contribution in [-0.2, 0) is 10.0 Å². The zero-order valence-corrected chi connectivity index (χ0v) is 13.4. The SMILES string of the molecule is CC1CCN(S(=O)(=O)c2cc([N+](=O)[O-])c(NN)s2)CC1C. The van der Waals surface area contributed by atoms with E-state index < -0.39 is 14.9 Å². The molecular weight excluding hydrogens is 316 g/mol. The van der Waals surface area contributed by atoms with Crippen molar-refractivity contribution in [1.82, 2.24) is 4.31 Å². The number of hydrogen-bond acceptors (Lipinski definition) is 7. The van der Waals surface area contributed by atoms with E-state index in [0.717, 1.165) is 23.8 Å². The quantitative estimate of drug-likeness (QED) is 0.490. The van der Waals surface area contributed by atoms with Crippen molar-refractivity contribution in [3.8, 4) is 0 Å². The van der Waals surface area contributed by atoms with Crippen LogP contribution in [0.3, 0.4) is 0 Å². The van der Waals surface area contributed by atoms with Gasteiger partial charge in [-0.1, -0.05) is 25.2 Å². The van der Waals surface area contributed by atoms with E-state index in [1.807, 2.05) is 6.92 Å². The summed E-state index contributed by atoms with van der Waals surface area (Å²) in [6.45, 7) is 4.97. The molecule has 0 amide bonds. The Morgan fingerprint density at radius 1 is 1.48 bits per heavy atom. The summed E-state index contributed by atoms with van der Waals surface area (Å²) in [6, 6.07) is 1.07. The largest absolute Gasteiger partial charge is 0.310 e. The van der Waals surface area contributed by atoms with Crippen molar-refractivity contribution in [2.24, 2.45) is 17.7 Å². The predicted molar refractivity (Wildman–Crippen MR) is 80.5 cm³/mol. The number of piperidine rings is 1. The van der Waals surface area contributed by atoms with Crippen molar-refractivity contribution in [2.45, 2.75) is 24.5 Å². The van der Waals surface area contributed by atoms with Crippen LogP contribution in [0, 0.1) is 22.0 Å². The third-order valence-corrected chi connectivity index (χ3v) is 7.28. The van der Waals surface area contributed by atoms with Gasteiger partial charge in [0.25, 0.3) is 10.0 Å². The lowest BCUT2D eigenvalue weighted by atomic mass is 9.90. The molecule has 1 aromatic heterocycles. The maximum Gasteiger partial charge on any atom is 0.306 e. The minimum atomic E-state index is -3.71. The minimum Gasteiger partial charge on any atom is -0.310 e. The number of nitrogen functional groups attached to an aromatic ring is 1. The summed E-state index contributed by atoms with van der Waals surface area (Å²) in [5.41, 5.74) is 1.86. The van der Waals surface area contributed by atoms with Crippen LogP contribution >= 0.6 is 11.3 Å². The lowest BCUT2D eigenvalue weighted by Crippen LogP contribution is -2.41. The summed E-state index contributed by atoms with van der Waals surface area (Å²) >= 11 is 0.783. The second kappa shape index (κ2) is 5.87. The highest BCUT2D eigenvalue weighted by atomic mass is 32.2. The molecule has 0 radical (unpaired) electrons. The van der Waals surface area contributed by atoms with E-state index in [0.29, 0.717) is 19.0 Å². The van der Waals surface area contributed by atoms with Crippen molar-refractivity contribution < 1.29 is 13.3 Å². The van der Waals surface area contributed by atoms with E-state index in [2.05, 4.69) is 12.3 Å². The molecular formula is C11H18N4O4S2. The van der Waals surface area contributed by atoms with E-state index in [9.17, 15) is 18.5 Å². The minimum absolute atomic E-state index is 0.0389. The summed E-state index contributed by atoms with van der Waals surface area (Å²) in [7, 11) is -3.71. The number of anilines is 1. The smallest absolute Gasteiger partial charge is 0.306 e. The molecule has 0 aromatic carbocycles. The van der Waals surface area contributed by atoms with Crippen LogP contribution in [0.15, 0.2) is 10.3 Å². The number of hydrogen-bond donors (Lipinski definition) is 2. The normalized spacial score (nSPS) is 24.0. The molecule has 3 N–H and O–H groups in total. The zero-order valence-electron chi connectivity index (χ0n) is 11.8. The molecule has 0 aliphatic carbocycles. The number of nitrogens with one attached hydrogen (secondary N) is 1. The van der Waals surface area contributed by atoms with Gasteiger partial charge in [0, 0.05) is 19.2 Å². The van der Waals surface area contributed by atoms with Gasteiger partial charge in [0.15, 0.2) is 5.00 Å². The van der Waals surface area contributed by atoms with E-state index in [1.54, 1.807) is 0 Å². The highest BCUT2D eigenvalue weighted by molar-refractivity contribution is 7.91. The Bertz CT molecular complexity index is 643. The summed E-state index contributed by atoms with van der Waals surface area (Å²) in [6.07, 6.45) is 0.788. The van der Waals surface area contributed by atoms with Gasteiger partial charge in [-0.2, -0.15) is 4.31 Å². The average molecular weight is 334 g/mol. The molecule has 2 heterocycles. The fourth-order valence-electron chi connectivity index (χ4n) is 2.30. The third-order valence-electron chi connectivity index (χ3n) is 3.91. The molecule has 2 atom stereocenters. The number of nitrogens with zero attached hydrogens (tertiary/aromatic N) is 2. The van der Waals surface area contributed by atoms with Crippen LogP contribution < -0.4 is 11.3 Å². The molecule has 1 aliphatic heterocycles. The molecule has 0 bridgehead atoms. The predicted octanol–water partition coefficient (Wildman–Crippen LogP) is 1.61. The molecule has 21 heavy (non-hydrogen) atoms. The van der Waals surface area contributed by atoms with Crippen molar-refractivity contribution in [3.05, 3.63) is 16.2 Å². The Morgan fingerprint density at radius 3 is 2.62 bits per heavy atom. The Morgan fingerprint density at radius 2 is 2.14 bits per heavy atom. The maximum absolute atomic E-state index is 12.6. The van der Waals surface area contributed by atoms with Crippen LogP contribution in [0.1, 0.15) is 20.3 Å². The van der Waals surface area contributed by atoms with Gasteiger partial charge < -0.3 is 5.43 Å². The standard InChI is InChI=1S/C11H18N4O4S2/c1-7-3-4-14(6-8(7)2)21(18,19)10-5-9(15(16)17)11(13-12)20-10/h5,7-8,13H,3-4,6,12H2,1-2H3. The summed E-state index contributed by atoms with van der Waals surface area (Å²) < 4.78 is 26.5. The van der Waals surface area contributed by atoms with Crippen LogP contribution in [0.25, 0.3) is 0 Å². The molecule has 0 spiro atoms. The Labute approximate surface area is 127 Å². The second-order valence-corrected chi connectivity index (χ2v) is 8.50. The first kappa shape index (κ1) is 16.1. The highest BCUT2D eigenvalue weighted by Gasteiger charge is 2.34. The van der Waals surface area contributed by atoms with Crippen molar-refractivity contribution in [3.63, 3.8) is 0 Å². The molecule has 1 aromatic rings. The van der Waals surface area contributed by atoms with Crippen LogP contribution in [-0.4, -0.2) is 30.7 Å². The first-order valence-corrected chi connectivity index (χ1v) is 8.78. The Kier molecular flexibility index (Phi) is 4.51. The van der Waals surface area contributed by atoms with Gasteiger partial charge in [-0.05, 0) is 18.3 Å². The molecule has 2 unspecified atom stereocenters. The number of thiophene rings is 1. The zero-order chi connectivity index (χ0) is 15.8. The molecule has 8 nitrogen and oxygen atoms in total. The third kappa shape index (κ3) is 3.03. The van der Waals surface area contributed by atoms with E-state index in [-0.39, 0.29) is 20.8 Å². The van der Waals surface area contributed by atoms with E-state index in [1.165, 1.54) is 4.31 Å². The van der Waals surface area contributed by atoms with Gasteiger partial charge in [0.2, 0.25) is 0 Å². The lowest BCUT2D eigenvalue weighted by molar-refractivity contribution is -0.383. The number of sulfonamides is 1. The first-order valence-electron chi connectivity index (χ1n) is 6.52. The van der Waals surface area contributed by atoms with Crippen molar-refractivity contribution in [1.29, 1.82) is 0 Å². The lowest BCUT2D eigenvalue weighted by Gasteiger charge is -2.33. The fraction of sp³-hybridized carbons (Fsp3) is 0.636. The summed E-state index contributed by atoms with van der Waals surface area (Å²) in [5, 5.41) is 10.9. The van der Waals surface area contributed by atoms with E-state index in [4.69, 9.17) is 5.84 Å². The van der Waals surface area contributed by atoms with Gasteiger partial charge >= 0.3 is 5.69 Å². The fourth-order valence-corrected chi connectivity index (χ4v) is 5.24. The van der Waals surface area contributed by atoms with Gasteiger partial charge in [-0.3, -0.25) is 10.1 Å². The van der Waals surface area contributed by atoms with Crippen molar-refractivity contribution >= 4 is 32.0 Å². The van der Waals surface area contributed by atoms with Gasteiger partial charge in [-0.25, -0.2) is 14.3 Å². The van der Waals surface area contributed by atoms with Gasteiger partial charge in [0.05, 0.1) is 4.92 Å². The highest BCUT2D eigenvalue weighted by Crippen LogP contribution is 2.38. The number of nitrogens with two attached hydrogens (primary N) is 1. The van der Waals surface area contributed by atoms with E-state index >= 15 is 0 Å². The summed E-state index contributed by atoms with van der Waals surface area (Å²) in [5.74, 6) is 5.94.